The summed E-state index contributed by atoms with van der Waals surface area (Å²) in [7, 11) is 3.45. The van der Waals surface area contributed by atoms with Crippen molar-refractivity contribution >= 4 is 0 Å². The molecule has 0 spiro atoms. The van der Waals surface area contributed by atoms with E-state index in [0.717, 1.165) is 5.82 Å². The third kappa shape index (κ3) is 2.93. The molecular formula is C14H18FN3O. The lowest BCUT2D eigenvalue weighted by molar-refractivity contribution is 0.397. The molecule has 2 N–H and O–H groups in total. The van der Waals surface area contributed by atoms with Crippen molar-refractivity contribution in [2.45, 2.75) is 18.9 Å². The van der Waals surface area contributed by atoms with Crippen LogP contribution in [0.2, 0.25) is 0 Å². The summed E-state index contributed by atoms with van der Waals surface area (Å²) in [5, 5.41) is 0. The van der Waals surface area contributed by atoms with Gasteiger partial charge in [0.1, 0.15) is 17.4 Å². The van der Waals surface area contributed by atoms with E-state index in [1.807, 2.05) is 17.8 Å². The van der Waals surface area contributed by atoms with Crippen LogP contribution in [0.1, 0.15) is 23.9 Å². The number of benzene rings is 1. The highest BCUT2D eigenvalue weighted by molar-refractivity contribution is 5.37. The first-order valence-corrected chi connectivity index (χ1v) is 6.17. The number of aromatic nitrogens is 2. The van der Waals surface area contributed by atoms with Crippen LogP contribution < -0.4 is 10.5 Å². The van der Waals surface area contributed by atoms with Gasteiger partial charge in [0.15, 0.2) is 0 Å². The Bertz CT molecular complexity index is 553. The van der Waals surface area contributed by atoms with E-state index in [2.05, 4.69) is 4.98 Å². The van der Waals surface area contributed by atoms with E-state index < -0.39 is 6.04 Å². The highest BCUT2D eigenvalue weighted by Crippen LogP contribution is 2.28. The second-order valence-electron chi connectivity index (χ2n) is 4.46. The van der Waals surface area contributed by atoms with Gasteiger partial charge in [-0.05, 0) is 18.6 Å². The average molecular weight is 263 g/mol. The van der Waals surface area contributed by atoms with Crippen molar-refractivity contribution in [1.82, 2.24) is 9.55 Å². The molecule has 4 nitrogen and oxygen atoms in total. The second kappa shape index (κ2) is 5.84. The standard InChI is InChI=1S/C14H18FN3O/c1-18-9-8-17-13(18)7-6-11(16)14-10(15)4-3-5-12(14)19-2/h3-5,8-9,11H,6-7,16H2,1-2H3. The zero-order valence-electron chi connectivity index (χ0n) is 11.1. The van der Waals surface area contributed by atoms with Gasteiger partial charge in [0.2, 0.25) is 0 Å². The Kier molecular flexibility index (Phi) is 4.16. The molecule has 0 bridgehead atoms. The summed E-state index contributed by atoms with van der Waals surface area (Å²) < 4.78 is 21.0. The Hall–Kier alpha value is -1.88. The first-order chi connectivity index (χ1) is 9.13. The van der Waals surface area contributed by atoms with Crippen LogP contribution in [0, 0.1) is 5.82 Å². The monoisotopic (exact) mass is 263 g/mol. The summed E-state index contributed by atoms with van der Waals surface area (Å²) in [6.07, 6.45) is 4.93. The molecule has 0 fully saturated rings. The molecule has 1 unspecified atom stereocenters. The van der Waals surface area contributed by atoms with Crippen LogP contribution in [0.5, 0.6) is 5.75 Å². The SMILES string of the molecule is COc1cccc(F)c1C(N)CCc1nccn1C. The summed E-state index contributed by atoms with van der Waals surface area (Å²) in [5.74, 6) is 1.10. The molecule has 0 saturated carbocycles. The van der Waals surface area contributed by atoms with E-state index in [1.54, 1.807) is 18.3 Å². The molecule has 1 heterocycles. The number of methoxy groups -OCH3 is 1. The van der Waals surface area contributed by atoms with E-state index in [1.165, 1.54) is 13.2 Å². The number of imidazole rings is 1. The first-order valence-electron chi connectivity index (χ1n) is 6.17. The van der Waals surface area contributed by atoms with Crippen molar-refractivity contribution in [2.75, 3.05) is 7.11 Å². The number of nitrogens with two attached hydrogens (primary N) is 1. The van der Waals surface area contributed by atoms with Gasteiger partial charge in [-0.2, -0.15) is 0 Å². The maximum absolute atomic E-state index is 13.9. The van der Waals surface area contributed by atoms with Gasteiger partial charge in [0, 0.05) is 37.5 Å². The normalized spacial score (nSPS) is 12.4. The summed E-state index contributed by atoms with van der Waals surface area (Å²) in [6, 6.07) is 4.33. The van der Waals surface area contributed by atoms with Crippen molar-refractivity contribution in [3.8, 4) is 5.75 Å². The van der Waals surface area contributed by atoms with E-state index >= 15 is 0 Å². The zero-order valence-corrected chi connectivity index (χ0v) is 11.1. The Morgan fingerprint density at radius 3 is 2.89 bits per heavy atom. The summed E-state index contributed by atoms with van der Waals surface area (Å²) in [6.45, 7) is 0. The smallest absolute Gasteiger partial charge is 0.131 e. The third-order valence-corrected chi connectivity index (χ3v) is 3.20. The van der Waals surface area contributed by atoms with Crippen molar-refractivity contribution in [2.24, 2.45) is 12.8 Å². The number of aryl methyl sites for hydroxylation is 2. The highest BCUT2D eigenvalue weighted by Gasteiger charge is 2.17. The molecule has 1 aromatic carbocycles. The van der Waals surface area contributed by atoms with E-state index in [9.17, 15) is 4.39 Å². The maximum Gasteiger partial charge on any atom is 0.131 e. The third-order valence-electron chi connectivity index (χ3n) is 3.20. The lowest BCUT2D eigenvalue weighted by atomic mass is 10.0. The van der Waals surface area contributed by atoms with Crippen LogP contribution in [-0.4, -0.2) is 16.7 Å². The first kappa shape index (κ1) is 13.5. The molecule has 2 aromatic rings. The van der Waals surface area contributed by atoms with Crippen LogP contribution in [-0.2, 0) is 13.5 Å². The van der Waals surface area contributed by atoms with Gasteiger partial charge in [0.05, 0.1) is 7.11 Å². The number of hydrogen-bond donors (Lipinski definition) is 1. The molecule has 0 amide bonds. The van der Waals surface area contributed by atoms with E-state index in [-0.39, 0.29) is 5.82 Å². The average Bonchev–Trinajstić information content (AvgIpc) is 2.81. The number of hydrogen-bond acceptors (Lipinski definition) is 3. The molecule has 0 radical (unpaired) electrons. The molecule has 5 heteroatoms. The number of rotatable bonds is 5. The van der Waals surface area contributed by atoms with Crippen LogP contribution in [0.15, 0.2) is 30.6 Å². The molecule has 1 atom stereocenters. The summed E-state index contributed by atoms with van der Waals surface area (Å²) in [5.41, 5.74) is 6.51. The number of nitrogens with zero attached hydrogens (tertiary/aromatic N) is 2. The van der Waals surface area contributed by atoms with Gasteiger partial charge in [-0.15, -0.1) is 0 Å². The van der Waals surface area contributed by atoms with Gasteiger partial charge in [-0.1, -0.05) is 6.07 Å². The topological polar surface area (TPSA) is 53.1 Å². The highest BCUT2D eigenvalue weighted by atomic mass is 19.1. The molecule has 102 valence electrons. The minimum atomic E-state index is -0.409. The van der Waals surface area contributed by atoms with Crippen molar-refractivity contribution < 1.29 is 9.13 Å². The van der Waals surface area contributed by atoms with Crippen LogP contribution in [0.3, 0.4) is 0 Å². The minimum absolute atomic E-state index is 0.327. The lowest BCUT2D eigenvalue weighted by Crippen LogP contribution is -2.15. The Morgan fingerprint density at radius 1 is 1.47 bits per heavy atom. The van der Waals surface area contributed by atoms with Crippen LogP contribution in [0.25, 0.3) is 0 Å². The zero-order chi connectivity index (χ0) is 13.8. The van der Waals surface area contributed by atoms with Crippen molar-refractivity contribution in [3.05, 3.63) is 47.8 Å². The molecule has 0 aliphatic heterocycles. The number of halogens is 1. The predicted octanol–water partition coefficient (Wildman–Crippen LogP) is 2.20. The molecule has 0 saturated heterocycles. The van der Waals surface area contributed by atoms with E-state index in [0.29, 0.717) is 24.2 Å². The largest absolute Gasteiger partial charge is 0.496 e. The Morgan fingerprint density at radius 2 is 2.26 bits per heavy atom. The maximum atomic E-state index is 13.9. The van der Waals surface area contributed by atoms with Gasteiger partial charge in [-0.3, -0.25) is 0 Å². The molecule has 0 aliphatic carbocycles. The fourth-order valence-electron chi connectivity index (χ4n) is 2.12. The Labute approximate surface area is 112 Å². The Balaban J connectivity index is 2.12. The fraction of sp³-hybridized carbons (Fsp3) is 0.357. The van der Waals surface area contributed by atoms with Gasteiger partial charge in [0.25, 0.3) is 0 Å². The van der Waals surface area contributed by atoms with Gasteiger partial charge in [-0.25, -0.2) is 9.37 Å². The van der Waals surface area contributed by atoms with Crippen molar-refractivity contribution in [3.63, 3.8) is 0 Å². The van der Waals surface area contributed by atoms with Crippen LogP contribution >= 0.6 is 0 Å². The molecule has 1 aromatic heterocycles. The minimum Gasteiger partial charge on any atom is -0.496 e. The van der Waals surface area contributed by atoms with Crippen LogP contribution in [0.4, 0.5) is 4.39 Å². The summed E-state index contributed by atoms with van der Waals surface area (Å²) in [4.78, 5) is 4.23. The molecule has 0 aliphatic rings. The van der Waals surface area contributed by atoms with Gasteiger partial charge < -0.3 is 15.0 Å². The summed E-state index contributed by atoms with van der Waals surface area (Å²) >= 11 is 0. The fourth-order valence-corrected chi connectivity index (χ4v) is 2.12. The lowest BCUT2D eigenvalue weighted by Gasteiger charge is -2.16. The van der Waals surface area contributed by atoms with Gasteiger partial charge >= 0.3 is 0 Å². The predicted molar refractivity (Wildman–Crippen MR) is 71.4 cm³/mol. The second-order valence-corrected chi connectivity index (χ2v) is 4.46. The van der Waals surface area contributed by atoms with Crippen molar-refractivity contribution in [1.29, 1.82) is 0 Å². The molecule has 19 heavy (non-hydrogen) atoms. The quantitative estimate of drug-likeness (QED) is 0.899. The molecular weight excluding hydrogens is 245 g/mol. The number of ether oxygens (including phenoxy) is 1. The molecule has 2 rings (SSSR count). The van der Waals surface area contributed by atoms with E-state index in [4.69, 9.17) is 10.5 Å².